The first-order valence-electron chi connectivity index (χ1n) is 8.14. The number of aromatic nitrogens is 2. The summed E-state index contributed by atoms with van der Waals surface area (Å²) in [6.45, 7) is 8.56. The van der Waals surface area contributed by atoms with E-state index in [1.807, 2.05) is 29.1 Å². The maximum absolute atomic E-state index is 5.83. The van der Waals surface area contributed by atoms with Gasteiger partial charge in [-0.3, -0.25) is 4.68 Å². The van der Waals surface area contributed by atoms with Crippen molar-refractivity contribution in [2.45, 2.75) is 38.8 Å². The van der Waals surface area contributed by atoms with Crippen LogP contribution < -0.4 is 10.1 Å². The number of benzene rings is 1. The van der Waals surface area contributed by atoms with Gasteiger partial charge < -0.3 is 14.8 Å². The van der Waals surface area contributed by atoms with E-state index < -0.39 is 0 Å². The number of hydrogen-bond acceptors (Lipinski definition) is 4. The highest BCUT2D eigenvalue weighted by Crippen LogP contribution is 2.19. The zero-order valence-electron chi connectivity index (χ0n) is 14.1. The van der Waals surface area contributed by atoms with Crippen LogP contribution in [0.4, 0.5) is 5.82 Å². The second-order valence-electron chi connectivity index (χ2n) is 6.91. The Morgan fingerprint density at radius 2 is 1.96 bits per heavy atom. The van der Waals surface area contributed by atoms with E-state index in [-0.39, 0.29) is 5.60 Å². The predicted octanol–water partition coefficient (Wildman–Crippen LogP) is 3.29. The molecular formula is C18H25N3O2. The lowest BCUT2D eigenvalue weighted by Crippen LogP contribution is -2.30. The monoisotopic (exact) mass is 315 g/mol. The van der Waals surface area contributed by atoms with Crippen LogP contribution in [-0.4, -0.2) is 35.1 Å². The minimum atomic E-state index is -0.159. The van der Waals surface area contributed by atoms with Crippen LogP contribution in [0.3, 0.4) is 0 Å². The number of anilines is 1. The van der Waals surface area contributed by atoms with E-state index in [4.69, 9.17) is 9.47 Å². The first-order chi connectivity index (χ1) is 11.0. The molecule has 2 heterocycles. The van der Waals surface area contributed by atoms with Crippen molar-refractivity contribution in [1.29, 1.82) is 0 Å². The van der Waals surface area contributed by atoms with Gasteiger partial charge in [0.2, 0.25) is 0 Å². The molecule has 0 atom stereocenters. The van der Waals surface area contributed by atoms with Crippen LogP contribution in [-0.2, 0) is 11.2 Å². The van der Waals surface area contributed by atoms with Gasteiger partial charge in [-0.15, -0.1) is 0 Å². The van der Waals surface area contributed by atoms with Crippen molar-refractivity contribution in [3.63, 3.8) is 0 Å². The number of hydrogen-bond donors (Lipinski definition) is 1. The van der Waals surface area contributed by atoms with Crippen molar-refractivity contribution >= 4 is 5.82 Å². The topological polar surface area (TPSA) is 48.3 Å². The van der Waals surface area contributed by atoms with E-state index in [1.54, 1.807) is 0 Å². The summed E-state index contributed by atoms with van der Waals surface area (Å²) in [5, 5.41) is 7.89. The molecule has 1 aromatic heterocycles. The van der Waals surface area contributed by atoms with Crippen LogP contribution in [0.15, 0.2) is 36.5 Å². The highest BCUT2D eigenvalue weighted by Gasteiger charge is 2.20. The predicted molar refractivity (Wildman–Crippen MR) is 91.1 cm³/mol. The van der Waals surface area contributed by atoms with Crippen molar-refractivity contribution in [3.05, 3.63) is 42.1 Å². The van der Waals surface area contributed by atoms with Crippen molar-refractivity contribution in [3.8, 4) is 5.75 Å². The molecule has 1 saturated heterocycles. The Bertz CT molecular complexity index is 624. The molecule has 1 aliphatic heterocycles. The summed E-state index contributed by atoms with van der Waals surface area (Å²) in [6, 6.07) is 10.7. The SMILES string of the molecule is CC(C)(C)Oc1ccc(CCNc2ccn(C3COC3)n2)cc1. The molecule has 5 heteroatoms. The van der Waals surface area contributed by atoms with Crippen molar-refractivity contribution in [2.24, 2.45) is 0 Å². The summed E-state index contributed by atoms with van der Waals surface area (Å²) in [6.07, 6.45) is 2.96. The van der Waals surface area contributed by atoms with E-state index in [0.29, 0.717) is 6.04 Å². The molecular weight excluding hydrogens is 290 g/mol. The molecule has 0 radical (unpaired) electrons. The molecule has 23 heavy (non-hydrogen) atoms. The maximum Gasteiger partial charge on any atom is 0.148 e. The first-order valence-corrected chi connectivity index (χ1v) is 8.14. The molecule has 3 rings (SSSR count). The second kappa shape index (κ2) is 6.62. The summed E-state index contributed by atoms with van der Waals surface area (Å²) >= 11 is 0. The van der Waals surface area contributed by atoms with E-state index in [1.165, 1.54) is 5.56 Å². The van der Waals surface area contributed by atoms with Gasteiger partial charge >= 0.3 is 0 Å². The zero-order chi connectivity index (χ0) is 16.3. The fraction of sp³-hybridized carbons (Fsp3) is 0.500. The Morgan fingerprint density at radius 1 is 1.22 bits per heavy atom. The van der Waals surface area contributed by atoms with Gasteiger partial charge in [0.05, 0.1) is 19.3 Å². The smallest absolute Gasteiger partial charge is 0.148 e. The molecule has 1 aliphatic rings. The van der Waals surface area contributed by atoms with Gasteiger partial charge in [0.1, 0.15) is 17.2 Å². The summed E-state index contributed by atoms with van der Waals surface area (Å²) in [5.41, 5.74) is 1.12. The summed E-state index contributed by atoms with van der Waals surface area (Å²) in [7, 11) is 0. The molecule has 1 fully saturated rings. The molecule has 124 valence electrons. The third kappa shape index (κ3) is 4.48. The van der Waals surface area contributed by atoms with Crippen LogP contribution in [0.2, 0.25) is 0 Å². The van der Waals surface area contributed by atoms with Crippen molar-refractivity contribution < 1.29 is 9.47 Å². The lowest BCUT2D eigenvalue weighted by molar-refractivity contribution is -0.0285. The molecule has 2 aromatic rings. The van der Waals surface area contributed by atoms with Gasteiger partial charge in [-0.25, -0.2) is 0 Å². The number of rotatable bonds is 6. The summed E-state index contributed by atoms with van der Waals surface area (Å²) in [4.78, 5) is 0. The van der Waals surface area contributed by atoms with Crippen LogP contribution in [0.5, 0.6) is 5.75 Å². The highest BCUT2D eigenvalue weighted by atomic mass is 16.5. The normalized spacial score (nSPS) is 15.3. The average molecular weight is 315 g/mol. The van der Waals surface area contributed by atoms with E-state index in [0.717, 1.165) is 37.7 Å². The van der Waals surface area contributed by atoms with Gasteiger partial charge in [-0.05, 0) is 44.9 Å². The van der Waals surface area contributed by atoms with Crippen LogP contribution in [0.25, 0.3) is 0 Å². The fourth-order valence-electron chi connectivity index (χ4n) is 2.42. The van der Waals surface area contributed by atoms with Crippen LogP contribution in [0, 0.1) is 0 Å². The Hall–Kier alpha value is -2.01. The molecule has 1 aromatic carbocycles. The van der Waals surface area contributed by atoms with E-state index in [9.17, 15) is 0 Å². The third-order valence-corrected chi connectivity index (χ3v) is 3.67. The lowest BCUT2D eigenvalue weighted by atomic mass is 10.1. The molecule has 0 unspecified atom stereocenters. The quantitative estimate of drug-likeness (QED) is 0.888. The molecule has 1 N–H and O–H groups in total. The molecule has 5 nitrogen and oxygen atoms in total. The van der Waals surface area contributed by atoms with Crippen molar-refractivity contribution in [1.82, 2.24) is 9.78 Å². The van der Waals surface area contributed by atoms with Gasteiger partial charge in [-0.2, -0.15) is 5.10 Å². The zero-order valence-corrected chi connectivity index (χ0v) is 14.1. The number of nitrogens with zero attached hydrogens (tertiary/aromatic N) is 2. The molecule has 0 spiro atoms. The molecule has 0 bridgehead atoms. The van der Waals surface area contributed by atoms with Gasteiger partial charge in [-0.1, -0.05) is 12.1 Å². The molecule has 0 aliphatic carbocycles. The van der Waals surface area contributed by atoms with Crippen molar-refractivity contribution in [2.75, 3.05) is 25.1 Å². The van der Waals surface area contributed by atoms with Gasteiger partial charge in [0, 0.05) is 18.8 Å². The highest BCUT2D eigenvalue weighted by molar-refractivity contribution is 5.33. The minimum Gasteiger partial charge on any atom is -0.488 e. The summed E-state index contributed by atoms with van der Waals surface area (Å²) < 4.78 is 13.0. The van der Waals surface area contributed by atoms with E-state index in [2.05, 4.69) is 43.3 Å². The number of ether oxygens (including phenoxy) is 2. The third-order valence-electron chi connectivity index (χ3n) is 3.67. The Balaban J connectivity index is 1.45. The number of nitrogens with one attached hydrogen (secondary N) is 1. The summed E-state index contributed by atoms with van der Waals surface area (Å²) in [5.74, 6) is 1.83. The van der Waals surface area contributed by atoms with Crippen LogP contribution in [0.1, 0.15) is 32.4 Å². The second-order valence-corrected chi connectivity index (χ2v) is 6.91. The van der Waals surface area contributed by atoms with Gasteiger partial charge in [0.15, 0.2) is 0 Å². The average Bonchev–Trinajstić information content (AvgIpc) is 2.85. The fourth-order valence-corrected chi connectivity index (χ4v) is 2.42. The Morgan fingerprint density at radius 3 is 2.57 bits per heavy atom. The Kier molecular flexibility index (Phi) is 4.57. The Labute approximate surface area is 137 Å². The lowest BCUT2D eigenvalue weighted by Gasteiger charge is -2.25. The van der Waals surface area contributed by atoms with Gasteiger partial charge in [0.25, 0.3) is 0 Å². The maximum atomic E-state index is 5.83. The van der Waals surface area contributed by atoms with E-state index >= 15 is 0 Å². The minimum absolute atomic E-state index is 0.159. The van der Waals surface area contributed by atoms with Crippen LogP contribution >= 0.6 is 0 Å². The largest absolute Gasteiger partial charge is 0.488 e. The molecule has 0 saturated carbocycles. The molecule has 0 amide bonds. The standard InChI is InChI=1S/C18H25N3O2/c1-18(2,3)23-16-6-4-14(5-7-16)8-10-19-17-9-11-21(20-17)15-12-22-13-15/h4-7,9,11,15H,8,10,12-13H2,1-3H3,(H,19,20). The first kappa shape index (κ1) is 15.9.